The Morgan fingerprint density at radius 1 is 1.38 bits per heavy atom. The van der Waals surface area contributed by atoms with Crippen LogP contribution in [0.5, 0.6) is 0 Å². The predicted molar refractivity (Wildman–Crippen MR) is 95.8 cm³/mol. The average molecular weight is 384 g/mol. The van der Waals surface area contributed by atoms with Gasteiger partial charge in [-0.15, -0.1) is 12.4 Å². The van der Waals surface area contributed by atoms with Crippen molar-refractivity contribution < 1.29 is 17.9 Å². The molecule has 2 heterocycles. The van der Waals surface area contributed by atoms with Crippen LogP contribution in [0.2, 0.25) is 0 Å². The Hall–Kier alpha value is -0.410. The van der Waals surface area contributed by atoms with Gasteiger partial charge in [0.15, 0.2) is 0 Å². The maximum absolute atomic E-state index is 12.4. The molecule has 0 aromatic rings. The molecule has 0 aliphatic carbocycles. The zero-order valence-corrected chi connectivity index (χ0v) is 16.1. The summed E-state index contributed by atoms with van der Waals surface area (Å²) in [5.74, 6) is 0.228. The number of carbonyl (C=O) groups excluding carboxylic acids is 1. The first kappa shape index (κ1) is 21.6. The zero-order chi connectivity index (χ0) is 16.9. The van der Waals surface area contributed by atoms with Gasteiger partial charge in [0.2, 0.25) is 15.9 Å². The quantitative estimate of drug-likeness (QED) is 0.662. The van der Waals surface area contributed by atoms with Gasteiger partial charge in [-0.3, -0.25) is 4.79 Å². The van der Waals surface area contributed by atoms with E-state index in [-0.39, 0.29) is 42.1 Å². The van der Waals surface area contributed by atoms with E-state index in [2.05, 4.69) is 10.6 Å². The molecule has 2 rings (SSSR count). The Morgan fingerprint density at radius 2 is 2.12 bits per heavy atom. The number of hydrogen-bond donors (Lipinski definition) is 2. The molecule has 2 N–H and O–H groups in total. The fourth-order valence-corrected chi connectivity index (χ4v) is 4.98. The van der Waals surface area contributed by atoms with E-state index in [1.54, 1.807) is 11.2 Å². The number of halogens is 1. The van der Waals surface area contributed by atoms with Gasteiger partial charge in [0.25, 0.3) is 0 Å². The average Bonchev–Trinajstić information content (AvgIpc) is 3.07. The number of hydrogen-bond acceptors (Lipinski definition) is 5. The Balaban J connectivity index is 0.00000288. The Bertz CT molecular complexity index is 497. The van der Waals surface area contributed by atoms with Crippen LogP contribution in [0.1, 0.15) is 32.6 Å². The Labute approximate surface area is 151 Å². The van der Waals surface area contributed by atoms with Gasteiger partial charge in [-0.1, -0.05) is 0 Å². The molecule has 2 saturated heterocycles. The van der Waals surface area contributed by atoms with Gasteiger partial charge >= 0.3 is 0 Å². The van der Waals surface area contributed by atoms with Gasteiger partial charge in [0.05, 0.1) is 17.9 Å². The Kier molecular flexibility index (Phi) is 8.94. The monoisotopic (exact) mass is 383 g/mol. The highest BCUT2D eigenvalue weighted by Gasteiger charge is 2.31. The topological polar surface area (TPSA) is 87.7 Å². The fraction of sp³-hybridized carbons (Fsp3) is 0.933. The molecular weight excluding hydrogens is 354 g/mol. The molecule has 0 radical (unpaired) electrons. The van der Waals surface area contributed by atoms with Crippen LogP contribution in [-0.2, 0) is 19.6 Å². The summed E-state index contributed by atoms with van der Waals surface area (Å²) >= 11 is 0. The standard InChI is InChI=1S/C15H29N3O4S.ClH/c1-12(22-2)11-23(20,21)18-8-4-5-13(10-18)9-17-15(19)14-6-3-7-16-14;/h12-14,16H,3-11H2,1-2H3,(H,17,19);1H. The normalized spacial score (nSPS) is 26.6. The predicted octanol–water partition coefficient (Wildman–Crippen LogP) is 0.353. The van der Waals surface area contributed by atoms with Gasteiger partial charge in [-0.05, 0) is 45.1 Å². The maximum Gasteiger partial charge on any atom is 0.237 e. The molecule has 7 nitrogen and oxygen atoms in total. The molecule has 0 saturated carbocycles. The lowest BCUT2D eigenvalue weighted by molar-refractivity contribution is -0.123. The van der Waals surface area contributed by atoms with E-state index in [1.807, 2.05) is 0 Å². The second kappa shape index (κ2) is 9.91. The van der Waals surface area contributed by atoms with Crippen molar-refractivity contribution in [1.29, 1.82) is 0 Å². The van der Waals surface area contributed by atoms with E-state index in [4.69, 9.17) is 4.74 Å². The summed E-state index contributed by atoms with van der Waals surface area (Å²) < 4.78 is 31.4. The summed E-state index contributed by atoms with van der Waals surface area (Å²) in [4.78, 5) is 12.0. The van der Waals surface area contributed by atoms with Gasteiger partial charge in [-0.2, -0.15) is 0 Å². The summed E-state index contributed by atoms with van der Waals surface area (Å²) in [6.07, 6.45) is 3.39. The first-order chi connectivity index (χ1) is 10.9. The molecule has 142 valence electrons. The van der Waals surface area contributed by atoms with Gasteiger partial charge < -0.3 is 15.4 Å². The van der Waals surface area contributed by atoms with E-state index in [1.165, 1.54) is 7.11 Å². The van der Waals surface area contributed by atoms with Crippen LogP contribution < -0.4 is 10.6 Å². The van der Waals surface area contributed by atoms with Crippen molar-refractivity contribution in [2.24, 2.45) is 5.92 Å². The van der Waals surface area contributed by atoms with Crippen LogP contribution >= 0.6 is 12.4 Å². The summed E-state index contributed by atoms with van der Waals surface area (Å²) in [5, 5.41) is 6.14. The molecule has 24 heavy (non-hydrogen) atoms. The summed E-state index contributed by atoms with van der Waals surface area (Å²) in [7, 11) is -1.78. The number of carbonyl (C=O) groups is 1. The van der Waals surface area contributed by atoms with Crippen molar-refractivity contribution in [3.63, 3.8) is 0 Å². The van der Waals surface area contributed by atoms with E-state index in [0.29, 0.717) is 19.6 Å². The highest BCUT2D eigenvalue weighted by atomic mass is 35.5. The van der Waals surface area contributed by atoms with Crippen molar-refractivity contribution in [2.45, 2.75) is 44.8 Å². The molecule has 0 aromatic heterocycles. The molecule has 2 aliphatic rings. The van der Waals surface area contributed by atoms with Gasteiger partial charge in [-0.25, -0.2) is 12.7 Å². The summed E-state index contributed by atoms with van der Waals surface area (Å²) in [6, 6.07) is -0.0824. The minimum atomic E-state index is -3.30. The van der Waals surface area contributed by atoms with Crippen molar-refractivity contribution >= 4 is 28.3 Å². The molecule has 0 bridgehead atoms. The molecular formula is C15H30ClN3O4S. The largest absolute Gasteiger partial charge is 0.381 e. The lowest BCUT2D eigenvalue weighted by Crippen LogP contribution is -2.47. The van der Waals surface area contributed by atoms with E-state index < -0.39 is 10.0 Å². The highest BCUT2D eigenvalue weighted by molar-refractivity contribution is 7.89. The van der Waals surface area contributed by atoms with Crippen LogP contribution in [0.4, 0.5) is 0 Å². The molecule has 0 spiro atoms. The third-order valence-electron chi connectivity index (χ3n) is 4.66. The smallest absolute Gasteiger partial charge is 0.237 e. The minimum absolute atomic E-state index is 0. The van der Waals surface area contributed by atoms with Gasteiger partial charge in [0.1, 0.15) is 0 Å². The summed E-state index contributed by atoms with van der Waals surface area (Å²) in [5.41, 5.74) is 0. The van der Waals surface area contributed by atoms with Crippen molar-refractivity contribution in [3.05, 3.63) is 0 Å². The second-order valence-electron chi connectivity index (χ2n) is 6.59. The number of rotatable bonds is 7. The zero-order valence-electron chi connectivity index (χ0n) is 14.5. The number of piperidine rings is 1. The number of nitrogens with zero attached hydrogens (tertiary/aromatic N) is 1. The van der Waals surface area contributed by atoms with E-state index >= 15 is 0 Å². The molecule has 2 aliphatic heterocycles. The molecule has 0 aromatic carbocycles. The number of ether oxygens (including phenoxy) is 1. The highest BCUT2D eigenvalue weighted by Crippen LogP contribution is 2.20. The van der Waals surface area contributed by atoms with Crippen molar-refractivity contribution in [1.82, 2.24) is 14.9 Å². The number of amides is 1. The molecule has 9 heteroatoms. The van der Waals surface area contributed by atoms with Crippen molar-refractivity contribution in [3.8, 4) is 0 Å². The van der Waals surface area contributed by atoms with Crippen LogP contribution in [0.15, 0.2) is 0 Å². The Morgan fingerprint density at radius 3 is 2.75 bits per heavy atom. The SMILES string of the molecule is COC(C)CS(=O)(=O)N1CCCC(CNC(=O)C2CCCN2)C1.Cl. The van der Waals surface area contributed by atoms with Crippen LogP contribution in [-0.4, -0.2) is 69.8 Å². The number of nitrogens with one attached hydrogen (secondary N) is 2. The maximum atomic E-state index is 12.4. The number of sulfonamides is 1. The first-order valence-corrected chi connectivity index (χ1v) is 10.0. The second-order valence-corrected chi connectivity index (χ2v) is 8.60. The van der Waals surface area contributed by atoms with Gasteiger partial charge in [0, 0.05) is 26.7 Å². The molecule has 3 atom stereocenters. The summed E-state index contributed by atoms with van der Waals surface area (Å²) in [6.45, 7) is 4.24. The molecule has 2 fully saturated rings. The van der Waals surface area contributed by atoms with Crippen LogP contribution in [0.3, 0.4) is 0 Å². The molecule has 3 unspecified atom stereocenters. The van der Waals surface area contributed by atoms with E-state index in [0.717, 1.165) is 32.2 Å². The molecule has 1 amide bonds. The first-order valence-electron chi connectivity index (χ1n) is 8.44. The third kappa shape index (κ3) is 6.15. The number of methoxy groups -OCH3 is 1. The third-order valence-corrected chi connectivity index (χ3v) is 6.67. The van der Waals surface area contributed by atoms with Crippen molar-refractivity contribution in [2.75, 3.05) is 39.0 Å². The van der Waals surface area contributed by atoms with E-state index in [9.17, 15) is 13.2 Å². The van der Waals surface area contributed by atoms with Crippen LogP contribution in [0.25, 0.3) is 0 Å². The lowest BCUT2D eigenvalue weighted by Gasteiger charge is -2.32. The fourth-order valence-electron chi connectivity index (χ4n) is 3.19. The van der Waals surface area contributed by atoms with Crippen LogP contribution in [0, 0.1) is 5.92 Å². The minimum Gasteiger partial charge on any atom is -0.381 e. The lowest BCUT2D eigenvalue weighted by atomic mass is 9.99.